The van der Waals surface area contributed by atoms with Crippen molar-refractivity contribution in [3.63, 3.8) is 0 Å². The molecule has 0 aliphatic heterocycles. The van der Waals surface area contributed by atoms with Crippen LogP contribution in [-0.2, 0) is 5.92 Å². The third-order valence-electron chi connectivity index (χ3n) is 4.90. The van der Waals surface area contributed by atoms with E-state index in [0.717, 1.165) is 30.0 Å². The van der Waals surface area contributed by atoms with Gasteiger partial charge in [0.05, 0.1) is 6.61 Å². The molecule has 1 aromatic carbocycles. The zero-order valence-corrected chi connectivity index (χ0v) is 16.5. The molecule has 3 heterocycles. The molecule has 8 nitrogen and oxygen atoms in total. The van der Waals surface area contributed by atoms with Crippen LogP contribution < -0.4 is 11.1 Å². The van der Waals surface area contributed by atoms with Gasteiger partial charge in [0.15, 0.2) is 11.6 Å². The number of hydrogen-bond donors (Lipinski definition) is 4. The summed E-state index contributed by atoms with van der Waals surface area (Å²) in [6, 6.07) is 7.25. The highest BCUT2D eigenvalue weighted by molar-refractivity contribution is 5.73. The van der Waals surface area contributed by atoms with E-state index in [-0.39, 0.29) is 24.9 Å². The number of alkyl halides is 2. The topological polar surface area (TPSA) is 117 Å². The van der Waals surface area contributed by atoms with Crippen LogP contribution >= 0.6 is 0 Å². The van der Waals surface area contributed by atoms with Crippen molar-refractivity contribution in [3.8, 4) is 0 Å². The zero-order valence-electron chi connectivity index (χ0n) is 16.5. The van der Waals surface area contributed by atoms with Crippen LogP contribution in [0.1, 0.15) is 28.6 Å². The number of aromatic nitrogens is 5. The highest BCUT2D eigenvalue weighted by Gasteiger charge is 2.39. The highest BCUT2D eigenvalue weighted by atomic mass is 19.3. The Labute approximate surface area is 174 Å². The van der Waals surface area contributed by atoms with Gasteiger partial charge in [-0.05, 0) is 42.8 Å². The number of aryl methyl sites for hydroxylation is 1. The van der Waals surface area contributed by atoms with Crippen molar-refractivity contribution in [3.05, 3.63) is 71.1 Å². The van der Waals surface area contributed by atoms with Crippen LogP contribution in [-0.4, -0.2) is 43.1 Å². The van der Waals surface area contributed by atoms with E-state index >= 15 is 8.78 Å². The van der Waals surface area contributed by atoms with E-state index in [2.05, 4.69) is 25.6 Å². The molecule has 3 aromatic heterocycles. The van der Waals surface area contributed by atoms with Gasteiger partial charge in [-0.15, -0.1) is 5.10 Å². The zero-order chi connectivity index (χ0) is 22.2. The lowest BCUT2D eigenvalue weighted by atomic mass is 10.0. The van der Waals surface area contributed by atoms with Crippen LogP contribution in [0.15, 0.2) is 42.6 Å². The molecule has 11 heteroatoms. The molecule has 0 bridgehead atoms. The van der Waals surface area contributed by atoms with Gasteiger partial charge < -0.3 is 16.2 Å². The fraction of sp³-hybridized carbons (Fsp3) is 0.250. The molecular formula is C20H20F3N7O. The van der Waals surface area contributed by atoms with Gasteiger partial charge in [-0.2, -0.15) is 13.9 Å². The van der Waals surface area contributed by atoms with Crippen LogP contribution in [0.5, 0.6) is 0 Å². The van der Waals surface area contributed by atoms with Crippen molar-refractivity contribution in [2.24, 2.45) is 5.73 Å². The second kappa shape index (κ2) is 8.00. The lowest BCUT2D eigenvalue weighted by molar-refractivity contribution is 0.0315. The number of nitrogens with two attached hydrogens (primary N) is 1. The summed E-state index contributed by atoms with van der Waals surface area (Å²) in [5, 5.41) is 23.3. The normalized spacial score (nSPS) is 13.0. The van der Waals surface area contributed by atoms with Crippen LogP contribution in [0.4, 0.5) is 24.8 Å². The van der Waals surface area contributed by atoms with Crippen LogP contribution in [0.25, 0.3) is 5.52 Å². The fourth-order valence-corrected chi connectivity index (χ4v) is 3.18. The molecule has 5 N–H and O–H groups in total. The van der Waals surface area contributed by atoms with Crippen molar-refractivity contribution < 1.29 is 18.3 Å². The van der Waals surface area contributed by atoms with E-state index in [1.165, 1.54) is 10.7 Å². The van der Waals surface area contributed by atoms with Crippen molar-refractivity contribution in [1.82, 2.24) is 24.8 Å². The number of rotatable bonds is 7. The number of aliphatic hydroxyl groups is 1. The molecule has 0 aliphatic rings. The number of nitrogens with one attached hydrogen (secondary N) is 2. The molecule has 0 fully saturated rings. The Bertz CT molecular complexity index is 1200. The monoisotopic (exact) mass is 431 g/mol. The Morgan fingerprint density at radius 2 is 2.00 bits per heavy atom. The van der Waals surface area contributed by atoms with E-state index in [0.29, 0.717) is 16.9 Å². The molecule has 0 aliphatic carbocycles. The number of benzene rings is 1. The number of aliphatic hydroxyl groups excluding tert-OH is 1. The maximum absolute atomic E-state index is 15.2. The number of nitrogens with zero attached hydrogens (tertiary/aromatic N) is 4. The summed E-state index contributed by atoms with van der Waals surface area (Å²) < 4.78 is 44.9. The van der Waals surface area contributed by atoms with Crippen molar-refractivity contribution >= 4 is 17.2 Å². The summed E-state index contributed by atoms with van der Waals surface area (Å²) in [6.45, 7) is 1.76. The lowest BCUT2D eigenvalue weighted by Crippen LogP contribution is -2.21. The molecule has 162 valence electrons. The molecule has 0 spiro atoms. The van der Waals surface area contributed by atoms with E-state index in [1.807, 2.05) is 0 Å². The molecule has 0 saturated heterocycles. The Morgan fingerprint density at radius 3 is 2.61 bits per heavy atom. The molecule has 1 atom stereocenters. The average molecular weight is 431 g/mol. The maximum Gasteiger partial charge on any atom is 0.333 e. The van der Waals surface area contributed by atoms with Gasteiger partial charge in [0.2, 0.25) is 5.82 Å². The largest absolute Gasteiger partial charge is 0.396 e. The number of aromatic amines is 1. The lowest BCUT2D eigenvalue weighted by Gasteiger charge is -2.16. The number of halogens is 3. The number of hydrogen-bond acceptors (Lipinski definition) is 6. The summed E-state index contributed by atoms with van der Waals surface area (Å²) in [5.41, 5.74) is 7.06. The minimum atomic E-state index is -3.59. The Morgan fingerprint density at radius 1 is 1.26 bits per heavy atom. The average Bonchev–Trinajstić information content (AvgIpc) is 3.35. The summed E-state index contributed by atoms with van der Waals surface area (Å²) in [7, 11) is 0. The molecule has 31 heavy (non-hydrogen) atoms. The molecule has 1 unspecified atom stereocenters. The highest BCUT2D eigenvalue weighted by Crippen LogP contribution is 2.35. The number of H-pyrrole nitrogens is 1. The summed E-state index contributed by atoms with van der Waals surface area (Å²) in [5.74, 6) is -4.90. The van der Waals surface area contributed by atoms with Crippen LogP contribution in [0.2, 0.25) is 0 Å². The molecule has 4 aromatic rings. The minimum Gasteiger partial charge on any atom is -0.396 e. The summed E-state index contributed by atoms with van der Waals surface area (Å²) in [4.78, 5) is 4.07. The minimum absolute atomic E-state index is 0.0956. The number of fused-ring (bicyclic) bond motifs is 1. The third kappa shape index (κ3) is 3.97. The molecule has 4 rings (SSSR count). The second-order valence-electron chi connectivity index (χ2n) is 7.14. The van der Waals surface area contributed by atoms with Crippen molar-refractivity contribution in [2.45, 2.75) is 18.8 Å². The van der Waals surface area contributed by atoms with Crippen LogP contribution in [0.3, 0.4) is 0 Å². The van der Waals surface area contributed by atoms with E-state index < -0.39 is 23.1 Å². The van der Waals surface area contributed by atoms with Crippen molar-refractivity contribution in [1.29, 1.82) is 0 Å². The van der Waals surface area contributed by atoms with Gasteiger partial charge in [-0.1, -0.05) is 0 Å². The quantitative estimate of drug-likeness (QED) is 0.358. The predicted molar refractivity (Wildman–Crippen MR) is 108 cm³/mol. The molecular weight excluding hydrogens is 411 g/mol. The van der Waals surface area contributed by atoms with E-state index in [4.69, 9.17) is 5.73 Å². The smallest absolute Gasteiger partial charge is 0.333 e. The molecule has 0 radical (unpaired) electrons. The first-order valence-electron chi connectivity index (χ1n) is 9.46. The van der Waals surface area contributed by atoms with Crippen LogP contribution in [0, 0.1) is 12.7 Å². The Kier molecular flexibility index (Phi) is 5.38. The van der Waals surface area contributed by atoms with Gasteiger partial charge >= 0.3 is 5.92 Å². The van der Waals surface area contributed by atoms with E-state index in [9.17, 15) is 9.50 Å². The molecule has 0 amide bonds. The Hall–Kier alpha value is -3.44. The standard InChI is InChI=1S/C20H20F3N7O/c1-11-6-17(28-27-11)25-18-16-7-12(13(8-24)10-31)9-30(16)29-19(26-18)20(22,23)14-2-4-15(21)5-3-14/h2-7,9,13,31H,8,10,24H2,1H3,(H2,25,26,27,28,29). The maximum atomic E-state index is 15.2. The first kappa shape index (κ1) is 20.8. The van der Waals surface area contributed by atoms with Gasteiger partial charge in [0, 0.05) is 36.0 Å². The second-order valence-corrected chi connectivity index (χ2v) is 7.14. The summed E-state index contributed by atoms with van der Waals surface area (Å²) in [6.07, 6.45) is 1.52. The third-order valence-corrected chi connectivity index (χ3v) is 4.90. The first-order chi connectivity index (χ1) is 14.8. The van der Waals surface area contributed by atoms with E-state index in [1.54, 1.807) is 19.1 Å². The first-order valence-corrected chi connectivity index (χ1v) is 9.46. The Balaban J connectivity index is 1.86. The number of anilines is 2. The van der Waals surface area contributed by atoms with Crippen molar-refractivity contribution in [2.75, 3.05) is 18.5 Å². The SMILES string of the molecule is Cc1cc(Nc2nc(C(F)(F)c3ccc(F)cc3)nn3cc(C(CN)CO)cc23)n[nH]1. The van der Waals surface area contributed by atoms with Gasteiger partial charge in [0.25, 0.3) is 0 Å². The van der Waals surface area contributed by atoms with Gasteiger partial charge in [-0.3, -0.25) is 5.10 Å². The fourth-order valence-electron chi connectivity index (χ4n) is 3.18. The summed E-state index contributed by atoms with van der Waals surface area (Å²) >= 11 is 0. The predicted octanol–water partition coefficient (Wildman–Crippen LogP) is 2.82. The van der Waals surface area contributed by atoms with Gasteiger partial charge in [0.1, 0.15) is 11.3 Å². The van der Waals surface area contributed by atoms with Gasteiger partial charge in [-0.25, -0.2) is 13.9 Å². The molecule has 0 saturated carbocycles.